The molecule has 1 aromatic rings. The third kappa shape index (κ3) is 2.89. The van der Waals surface area contributed by atoms with E-state index in [1.807, 2.05) is 0 Å². The van der Waals surface area contributed by atoms with Crippen LogP contribution in [0, 0.1) is 22.5 Å². The molecule has 1 aliphatic carbocycles. The van der Waals surface area contributed by atoms with E-state index in [0.29, 0.717) is 16.5 Å². The number of aromatic nitrogens is 2. The number of aliphatic carboxylic acids is 1. The zero-order valence-corrected chi connectivity index (χ0v) is 11.6. The number of thioether (sulfide) groups is 1. The van der Waals surface area contributed by atoms with Crippen molar-refractivity contribution in [3.05, 3.63) is 15.8 Å². The second kappa shape index (κ2) is 4.84. The van der Waals surface area contributed by atoms with Crippen LogP contribution in [0.4, 0.5) is 5.69 Å². The zero-order chi connectivity index (χ0) is 14.2. The maximum Gasteiger partial charge on any atom is 0.323 e. The van der Waals surface area contributed by atoms with Gasteiger partial charge in [0.15, 0.2) is 5.03 Å². The number of hydrogen-bond donors (Lipinski definition) is 1. The largest absolute Gasteiger partial charge is 0.481 e. The number of rotatable bonds is 6. The minimum atomic E-state index is -0.811. The van der Waals surface area contributed by atoms with Gasteiger partial charge in [0.2, 0.25) is 0 Å². The highest BCUT2D eigenvalue weighted by atomic mass is 32.2. The summed E-state index contributed by atoms with van der Waals surface area (Å²) < 4.78 is 1.50. The van der Waals surface area contributed by atoms with Gasteiger partial charge < -0.3 is 5.11 Å². The van der Waals surface area contributed by atoms with Gasteiger partial charge in [-0.15, -0.1) is 0 Å². The highest BCUT2D eigenvalue weighted by Crippen LogP contribution is 2.52. The van der Waals surface area contributed by atoms with Crippen molar-refractivity contribution in [2.24, 2.45) is 12.5 Å². The lowest BCUT2D eigenvalue weighted by Gasteiger charge is -2.11. The third-order valence-electron chi connectivity index (χ3n) is 3.32. The highest BCUT2D eigenvalue weighted by Gasteiger charge is 2.45. The van der Waals surface area contributed by atoms with Crippen LogP contribution >= 0.6 is 11.8 Å². The quantitative estimate of drug-likeness (QED) is 0.487. The van der Waals surface area contributed by atoms with Gasteiger partial charge >= 0.3 is 11.7 Å². The van der Waals surface area contributed by atoms with Crippen LogP contribution < -0.4 is 0 Å². The van der Waals surface area contributed by atoms with Gasteiger partial charge in [0.05, 0.1) is 11.3 Å². The molecule has 0 saturated heterocycles. The van der Waals surface area contributed by atoms with Gasteiger partial charge in [0.25, 0.3) is 0 Å². The molecule has 0 aliphatic heterocycles. The maximum absolute atomic E-state index is 11.0. The molecule has 19 heavy (non-hydrogen) atoms. The lowest BCUT2D eigenvalue weighted by Crippen LogP contribution is -2.11. The van der Waals surface area contributed by atoms with Crippen molar-refractivity contribution in [2.45, 2.75) is 31.2 Å². The Bertz CT molecular complexity index is 536. The summed E-state index contributed by atoms with van der Waals surface area (Å²) in [6, 6.07) is 0. The predicted octanol–water partition coefficient (Wildman–Crippen LogP) is 1.98. The zero-order valence-electron chi connectivity index (χ0n) is 10.8. The average molecular weight is 285 g/mol. The molecule has 1 aromatic heterocycles. The molecule has 7 nitrogen and oxygen atoms in total. The Hall–Kier alpha value is -1.57. The average Bonchev–Trinajstić information content (AvgIpc) is 2.95. The number of aryl methyl sites for hydroxylation is 2. The Labute approximate surface area is 114 Å². The summed E-state index contributed by atoms with van der Waals surface area (Å²) in [6.45, 7) is 1.60. The van der Waals surface area contributed by atoms with Crippen molar-refractivity contribution in [1.29, 1.82) is 0 Å². The molecule has 0 aromatic carbocycles. The maximum atomic E-state index is 11.0. The summed E-state index contributed by atoms with van der Waals surface area (Å²) in [4.78, 5) is 21.4. The Balaban J connectivity index is 2.12. The minimum Gasteiger partial charge on any atom is -0.481 e. The molecule has 0 amide bonds. The third-order valence-corrected chi connectivity index (χ3v) is 4.81. The van der Waals surface area contributed by atoms with Crippen molar-refractivity contribution in [2.75, 3.05) is 5.75 Å². The van der Waals surface area contributed by atoms with E-state index in [9.17, 15) is 14.9 Å². The van der Waals surface area contributed by atoms with Crippen LogP contribution in [0.1, 0.15) is 25.0 Å². The fourth-order valence-electron chi connectivity index (χ4n) is 2.09. The summed E-state index contributed by atoms with van der Waals surface area (Å²) in [7, 11) is 1.67. The van der Waals surface area contributed by atoms with Crippen LogP contribution in [0.2, 0.25) is 0 Å². The predicted molar refractivity (Wildman–Crippen MR) is 69.2 cm³/mol. The molecule has 8 heteroatoms. The Morgan fingerprint density at radius 1 is 1.63 bits per heavy atom. The summed E-state index contributed by atoms with van der Waals surface area (Å²) >= 11 is 1.33. The minimum absolute atomic E-state index is 0.0265. The smallest absolute Gasteiger partial charge is 0.323 e. The number of nitrogens with zero attached hydrogens (tertiary/aromatic N) is 3. The molecule has 0 spiro atoms. The van der Waals surface area contributed by atoms with Gasteiger partial charge in [-0.1, -0.05) is 11.8 Å². The molecular weight excluding hydrogens is 270 g/mol. The van der Waals surface area contributed by atoms with Crippen molar-refractivity contribution < 1.29 is 14.8 Å². The Morgan fingerprint density at radius 2 is 2.26 bits per heavy atom. The van der Waals surface area contributed by atoms with E-state index in [-0.39, 0.29) is 17.5 Å². The first-order chi connectivity index (χ1) is 8.84. The van der Waals surface area contributed by atoms with E-state index in [0.717, 1.165) is 12.8 Å². The molecule has 0 radical (unpaired) electrons. The molecule has 1 N–H and O–H groups in total. The fraction of sp³-hybridized carbons (Fsp3) is 0.636. The van der Waals surface area contributed by atoms with E-state index < -0.39 is 10.9 Å². The molecule has 0 bridgehead atoms. The first-order valence-electron chi connectivity index (χ1n) is 5.87. The highest BCUT2D eigenvalue weighted by molar-refractivity contribution is 7.99. The van der Waals surface area contributed by atoms with Crippen LogP contribution in [-0.2, 0) is 11.8 Å². The summed E-state index contributed by atoms with van der Waals surface area (Å²) in [5.41, 5.74) is 0.222. The Morgan fingerprint density at radius 3 is 2.74 bits per heavy atom. The topological polar surface area (TPSA) is 98.3 Å². The van der Waals surface area contributed by atoms with E-state index >= 15 is 0 Å². The van der Waals surface area contributed by atoms with E-state index in [1.54, 1.807) is 14.0 Å². The first kappa shape index (κ1) is 13.9. The van der Waals surface area contributed by atoms with Crippen LogP contribution in [-0.4, -0.2) is 31.5 Å². The second-order valence-corrected chi connectivity index (χ2v) is 5.94. The van der Waals surface area contributed by atoms with Crippen molar-refractivity contribution in [3.63, 3.8) is 0 Å². The normalized spacial score (nSPS) is 16.3. The van der Waals surface area contributed by atoms with Gasteiger partial charge in [-0.25, -0.2) is 0 Å². The molecule has 2 rings (SSSR count). The van der Waals surface area contributed by atoms with Gasteiger partial charge in [-0.3, -0.25) is 19.6 Å². The van der Waals surface area contributed by atoms with Crippen molar-refractivity contribution in [1.82, 2.24) is 9.78 Å². The van der Waals surface area contributed by atoms with Gasteiger partial charge in [0.1, 0.15) is 5.69 Å². The SMILES string of the molecule is Cc1nn(C)c(SCC2(CC(=O)O)CC2)c1[N+](=O)[O-]. The van der Waals surface area contributed by atoms with Crippen molar-refractivity contribution >= 4 is 23.4 Å². The molecule has 0 unspecified atom stereocenters. The van der Waals surface area contributed by atoms with Gasteiger partial charge in [0, 0.05) is 12.8 Å². The van der Waals surface area contributed by atoms with E-state index in [2.05, 4.69) is 5.10 Å². The number of carboxylic acid groups (broad SMARTS) is 1. The molecule has 1 fully saturated rings. The second-order valence-electron chi connectivity index (χ2n) is 4.98. The lowest BCUT2D eigenvalue weighted by atomic mass is 10.1. The standard InChI is InChI=1S/C11H15N3O4S/c1-7-9(14(17)18)10(13(2)12-7)19-6-11(3-4-11)5-8(15)16/h3-6H2,1-2H3,(H,15,16). The number of carboxylic acids is 1. The van der Waals surface area contributed by atoms with Crippen LogP contribution in [0.3, 0.4) is 0 Å². The van der Waals surface area contributed by atoms with Crippen LogP contribution in [0.25, 0.3) is 0 Å². The van der Waals surface area contributed by atoms with Crippen LogP contribution in [0.5, 0.6) is 0 Å². The van der Waals surface area contributed by atoms with Gasteiger partial charge in [-0.2, -0.15) is 5.10 Å². The molecule has 0 atom stereocenters. The molecular formula is C11H15N3O4S. The molecule has 1 heterocycles. The molecule has 1 saturated carbocycles. The fourth-order valence-corrected chi connectivity index (χ4v) is 3.51. The van der Waals surface area contributed by atoms with E-state index in [4.69, 9.17) is 5.11 Å². The van der Waals surface area contributed by atoms with Crippen LogP contribution in [0.15, 0.2) is 5.03 Å². The number of nitro groups is 1. The summed E-state index contributed by atoms with van der Waals surface area (Å²) in [5, 5.41) is 24.4. The van der Waals surface area contributed by atoms with E-state index in [1.165, 1.54) is 16.4 Å². The monoisotopic (exact) mass is 285 g/mol. The summed E-state index contributed by atoms with van der Waals surface area (Å²) in [6.07, 6.45) is 1.87. The number of carbonyl (C=O) groups is 1. The van der Waals surface area contributed by atoms with Crippen molar-refractivity contribution in [3.8, 4) is 0 Å². The number of hydrogen-bond acceptors (Lipinski definition) is 5. The first-order valence-corrected chi connectivity index (χ1v) is 6.86. The molecule has 1 aliphatic rings. The Kier molecular flexibility index (Phi) is 3.53. The summed E-state index contributed by atoms with van der Waals surface area (Å²) in [5.74, 6) is -0.229. The van der Waals surface area contributed by atoms with Gasteiger partial charge in [-0.05, 0) is 25.2 Å². The molecule has 104 valence electrons. The lowest BCUT2D eigenvalue weighted by molar-refractivity contribution is -0.388.